The fourth-order valence-electron chi connectivity index (χ4n) is 2.66. The highest BCUT2D eigenvalue weighted by Gasteiger charge is 2.39. The Hall–Kier alpha value is -2.59. The summed E-state index contributed by atoms with van der Waals surface area (Å²) in [5, 5.41) is 33.9. The molecule has 1 aromatic heterocycles. The number of amides is 1. The number of halogens is 3. The van der Waals surface area contributed by atoms with Gasteiger partial charge in [-0.1, -0.05) is 0 Å². The maximum absolute atomic E-state index is 12.7. The van der Waals surface area contributed by atoms with Gasteiger partial charge in [-0.3, -0.25) is 4.79 Å². The Balaban J connectivity index is 1.74. The Morgan fingerprint density at radius 3 is 2.53 bits per heavy atom. The van der Waals surface area contributed by atoms with E-state index in [4.69, 9.17) is 19.3 Å². The van der Waals surface area contributed by atoms with Gasteiger partial charge in [-0.15, -0.1) is 0 Å². The van der Waals surface area contributed by atoms with E-state index in [0.29, 0.717) is 0 Å². The number of alkyl halides is 3. The lowest BCUT2D eigenvalue weighted by atomic mass is 9.98. The van der Waals surface area contributed by atoms with Gasteiger partial charge in [0, 0.05) is 12.7 Å². The number of ether oxygens (including phenoxy) is 3. The molecule has 4 atom stereocenters. The summed E-state index contributed by atoms with van der Waals surface area (Å²) in [6.07, 6.45) is -7.67. The van der Waals surface area contributed by atoms with Crippen molar-refractivity contribution in [2.45, 2.75) is 30.5 Å². The van der Waals surface area contributed by atoms with Gasteiger partial charge in [0.25, 0.3) is 0 Å². The van der Waals surface area contributed by atoms with Crippen molar-refractivity contribution in [3.05, 3.63) is 18.1 Å². The number of nitrogens with one attached hydrogen (secondary N) is 2. The van der Waals surface area contributed by atoms with Crippen molar-refractivity contribution in [1.29, 1.82) is 0 Å². The van der Waals surface area contributed by atoms with E-state index in [-0.39, 0.29) is 38.8 Å². The van der Waals surface area contributed by atoms with Crippen molar-refractivity contribution in [2.75, 3.05) is 44.9 Å². The second-order valence-corrected chi connectivity index (χ2v) is 6.67. The number of aliphatic hydroxyl groups is 2. The highest BCUT2D eigenvalue weighted by atomic mass is 19.4. The van der Waals surface area contributed by atoms with Crippen LogP contribution < -0.4 is 10.6 Å². The first kappa shape index (κ1) is 25.7. The third-order valence-electron chi connectivity index (χ3n) is 4.21. The summed E-state index contributed by atoms with van der Waals surface area (Å²) in [4.78, 5) is 28.5. The minimum Gasteiger partial charge on any atom is -0.480 e. The zero-order valence-corrected chi connectivity index (χ0v) is 16.6. The summed E-state index contributed by atoms with van der Waals surface area (Å²) in [6, 6.07) is 0.218. The van der Waals surface area contributed by atoms with Crippen LogP contribution in [-0.2, 0) is 30.0 Å². The van der Waals surface area contributed by atoms with E-state index in [1.807, 2.05) is 0 Å². The zero-order chi connectivity index (χ0) is 23.7. The minimum absolute atomic E-state index is 0.00554. The topological polar surface area (TPSA) is 172 Å². The van der Waals surface area contributed by atoms with Crippen LogP contribution in [0.25, 0.3) is 0 Å². The number of hydrogen-bond acceptors (Lipinski definition) is 10. The molecule has 1 saturated heterocycles. The molecule has 0 aliphatic carbocycles. The highest BCUT2D eigenvalue weighted by molar-refractivity contribution is 5.77. The van der Waals surface area contributed by atoms with Crippen LogP contribution in [0, 0.1) is 0 Å². The molecular weight excluding hydrogens is 445 g/mol. The first-order valence-corrected chi connectivity index (χ1v) is 9.36. The lowest BCUT2D eigenvalue weighted by Crippen LogP contribution is -2.58. The van der Waals surface area contributed by atoms with E-state index in [2.05, 4.69) is 20.6 Å². The first-order valence-electron chi connectivity index (χ1n) is 9.36. The fourth-order valence-corrected chi connectivity index (χ4v) is 2.66. The molecule has 32 heavy (non-hydrogen) atoms. The summed E-state index contributed by atoms with van der Waals surface area (Å²) in [6.45, 7) is -1.18. The van der Waals surface area contributed by atoms with Gasteiger partial charge < -0.3 is 40.2 Å². The highest BCUT2D eigenvalue weighted by Crippen LogP contribution is 2.27. The van der Waals surface area contributed by atoms with Crippen molar-refractivity contribution in [3.8, 4) is 0 Å². The van der Waals surface area contributed by atoms with Crippen LogP contribution in [0.5, 0.6) is 0 Å². The van der Waals surface area contributed by atoms with Crippen LogP contribution in [0.4, 0.5) is 19.0 Å². The van der Waals surface area contributed by atoms with Crippen molar-refractivity contribution in [2.24, 2.45) is 0 Å². The van der Waals surface area contributed by atoms with E-state index >= 15 is 0 Å². The second-order valence-electron chi connectivity index (χ2n) is 6.67. The predicted molar refractivity (Wildman–Crippen MR) is 98.5 cm³/mol. The molecule has 2 heterocycles. The molecule has 2 rings (SSSR count). The molecule has 0 saturated carbocycles. The smallest absolute Gasteiger partial charge is 0.451 e. The van der Waals surface area contributed by atoms with Crippen molar-refractivity contribution in [3.63, 3.8) is 0 Å². The van der Waals surface area contributed by atoms with E-state index in [1.165, 1.54) is 6.07 Å². The summed E-state index contributed by atoms with van der Waals surface area (Å²) in [7, 11) is 0. The van der Waals surface area contributed by atoms with E-state index < -0.39 is 54.8 Å². The summed E-state index contributed by atoms with van der Waals surface area (Å²) < 4.78 is 53.3. The molecule has 0 radical (unpaired) electrons. The monoisotopic (exact) mass is 468 g/mol. The van der Waals surface area contributed by atoms with Crippen LogP contribution in [-0.4, -0.2) is 101 Å². The van der Waals surface area contributed by atoms with Crippen LogP contribution >= 0.6 is 0 Å². The maximum Gasteiger partial charge on any atom is 0.451 e. The number of hydrogen-bond donors (Lipinski definition) is 5. The number of anilines is 1. The number of aromatic nitrogens is 2. The number of carbonyl (C=O) groups is 2. The third kappa shape index (κ3) is 8.16. The maximum atomic E-state index is 12.7. The molecule has 0 aromatic carbocycles. The first-order chi connectivity index (χ1) is 15.1. The molecule has 12 nitrogen and oxygen atoms in total. The number of carbonyl (C=O) groups excluding carboxylic acids is 1. The lowest BCUT2D eigenvalue weighted by molar-refractivity contribution is -0.145. The molecule has 0 unspecified atom stereocenters. The van der Waals surface area contributed by atoms with Crippen LogP contribution in [0.3, 0.4) is 0 Å². The van der Waals surface area contributed by atoms with Crippen molar-refractivity contribution >= 4 is 17.7 Å². The van der Waals surface area contributed by atoms with Crippen LogP contribution in [0.1, 0.15) is 5.82 Å². The fraction of sp³-hybridized carbons (Fsp3) is 0.647. The van der Waals surface area contributed by atoms with Crippen LogP contribution in [0.2, 0.25) is 0 Å². The molecule has 1 fully saturated rings. The van der Waals surface area contributed by atoms with Gasteiger partial charge >= 0.3 is 12.1 Å². The molecule has 1 aliphatic heterocycles. The molecule has 1 amide bonds. The molecular formula is C17H23F3N4O8. The summed E-state index contributed by atoms with van der Waals surface area (Å²) in [5.74, 6) is -3.24. The minimum atomic E-state index is -4.74. The Labute approximate surface area is 179 Å². The number of aliphatic hydroxyl groups excluding tert-OH is 2. The molecule has 0 bridgehead atoms. The summed E-state index contributed by atoms with van der Waals surface area (Å²) in [5.41, 5.74) is 0. The average Bonchev–Trinajstić information content (AvgIpc) is 2.73. The Morgan fingerprint density at radius 2 is 1.88 bits per heavy atom. The number of carboxylic acids is 1. The van der Waals surface area contributed by atoms with E-state index in [1.54, 1.807) is 0 Å². The van der Waals surface area contributed by atoms with Crippen molar-refractivity contribution < 1.29 is 52.3 Å². The SMILES string of the molecule is O=C(O)COCCOCC(=O)NC[C@H]1OC[C@H](Nc2ccnc(C(F)(F)F)n2)[C@@H](O)[C@H]1O. The van der Waals surface area contributed by atoms with E-state index in [0.717, 1.165) is 6.20 Å². The third-order valence-corrected chi connectivity index (χ3v) is 4.21. The van der Waals surface area contributed by atoms with Gasteiger partial charge in [0.1, 0.15) is 37.3 Å². The number of rotatable bonds is 11. The van der Waals surface area contributed by atoms with Crippen LogP contribution in [0.15, 0.2) is 12.3 Å². The Morgan fingerprint density at radius 1 is 1.19 bits per heavy atom. The standard InChI is InChI=1S/C17H23F3N4O8/c18-17(19,20)16-21-2-1-11(24-16)23-9-6-32-10(15(29)14(9)28)5-22-12(25)7-30-3-4-31-8-13(26)27/h1-2,9-10,14-15,28-29H,3-8H2,(H,22,25)(H,26,27)(H,21,23,24)/t9-,10+,14+,15-/m0/s1. The Kier molecular flexibility index (Phi) is 9.52. The predicted octanol–water partition coefficient (Wildman–Crippen LogP) is -1.37. The second kappa shape index (κ2) is 11.9. The van der Waals surface area contributed by atoms with Gasteiger partial charge in [-0.2, -0.15) is 13.2 Å². The van der Waals surface area contributed by atoms with E-state index in [9.17, 15) is 33.0 Å². The average molecular weight is 468 g/mol. The molecule has 1 aromatic rings. The molecule has 5 N–H and O–H groups in total. The van der Waals surface area contributed by atoms with Gasteiger partial charge in [0.05, 0.1) is 25.9 Å². The zero-order valence-electron chi connectivity index (χ0n) is 16.6. The summed E-state index contributed by atoms with van der Waals surface area (Å²) >= 11 is 0. The molecule has 1 aliphatic rings. The van der Waals surface area contributed by atoms with Gasteiger partial charge in [0.2, 0.25) is 11.7 Å². The van der Waals surface area contributed by atoms with Crippen molar-refractivity contribution in [1.82, 2.24) is 15.3 Å². The number of aliphatic carboxylic acids is 1. The molecule has 0 spiro atoms. The number of nitrogens with zero attached hydrogens (tertiary/aromatic N) is 2. The lowest BCUT2D eigenvalue weighted by Gasteiger charge is -2.38. The van der Waals surface area contributed by atoms with Gasteiger partial charge in [-0.25, -0.2) is 14.8 Å². The van der Waals surface area contributed by atoms with Gasteiger partial charge in [0.15, 0.2) is 0 Å². The molecule has 180 valence electrons. The normalized spacial score (nSPS) is 23.5. The Bertz CT molecular complexity index is 770. The molecule has 15 heteroatoms. The largest absolute Gasteiger partial charge is 0.480 e. The quantitative estimate of drug-likeness (QED) is 0.243. The van der Waals surface area contributed by atoms with Gasteiger partial charge in [-0.05, 0) is 6.07 Å². The number of carboxylic acid groups (broad SMARTS) is 1.